The summed E-state index contributed by atoms with van der Waals surface area (Å²) in [6.45, 7) is 1.73. The van der Waals surface area contributed by atoms with Crippen molar-refractivity contribution in [3.05, 3.63) is 17.5 Å². The monoisotopic (exact) mass is 180 g/mol. The van der Waals surface area contributed by atoms with Crippen molar-refractivity contribution >= 4 is 17.6 Å². The number of nitrogens with one attached hydrogen (secondary N) is 2. The molecular formula is C8H8N2O3. The molecule has 68 valence electrons. The zero-order valence-electron chi connectivity index (χ0n) is 6.92. The molecule has 3 N–H and O–H groups in total. The molecule has 13 heavy (non-hydrogen) atoms. The Kier molecular flexibility index (Phi) is 1.42. The van der Waals surface area contributed by atoms with Crippen molar-refractivity contribution in [3.63, 3.8) is 0 Å². The first-order valence-electron chi connectivity index (χ1n) is 3.86. The van der Waals surface area contributed by atoms with Gasteiger partial charge in [0, 0.05) is 0 Å². The molecule has 0 bridgehead atoms. The highest BCUT2D eigenvalue weighted by Gasteiger charge is 2.29. The fourth-order valence-corrected chi connectivity index (χ4v) is 1.40. The smallest absolute Gasteiger partial charge is 0.352 e. The number of carbonyl (C=O) groups is 2. The highest BCUT2D eigenvalue weighted by molar-refractivity contribution is 6.03. The predicted octanol–water partition coefficient (Wildman–Crippen LogP) is 0.768. The van der Waals surface area contributed by atoms with Gasteiger partial charge in [0.15, 0.2) is 0 Å². The highest BCUT2D eigenvalue weighted by Crippen LogP contribution is 2.31. The predicted molar refractivity (Wildman–Crippen MR) is 44.8 cm³/mol. The van der Waals surface area contributed by atoms with Crippen molar-refractivity contribution < 1.29 is 14.7 Å². The molecular weight excluding hydrogens is 172 g/mol. The van der Waals surface area contributed by atoms with E-state index in [-0.39, 0.29) is 17.5 Å². The Balaban J connectivity index is 2.45. The fourth-order valence-electron chi connectivity index (χ4n) is 1.40. The SMILES string of the molecule is CC1C(=O)Nc2cc(C(=O)O)[nH]c21. The lowest BCUT2D eigenvalue weighted by molar-refractivity contribution is -0.116. The Hall–Kier alpha value is -1.78. The van der Waals surface area contributed by atoms with Crippen LogP contribution in [0.5, 0.6) is 0 Å². The minimum Gasteiger partial charge on any atom is -0.477 e. The van der Waals surface area contributed by atoms with Crippen molar-refractivity contribution in [2.75, 3.05) is 5.32 Å². The van der Waals surface area contributed by atoms with E-state index in [0.717, 1.165) is 0 Å². The van der Waals surface area contributed by atoms with E-state index < -0.39 is 5.97 Å². The number of hydrogen-bond acceptors (Lipinski definition) is 2. The lowest BCUT2D eigenvalue weighted by atomic mass is 10.1. The van der Waals surface area contributed by atoms with Crippen molar-refractivity contribution in [2.45, 2.75) is 12.8 Å². The molecule has 2 heterocycles. The molecule has 1 aromatic rings. The number of carbonyl (C=O) groups excluding carboxylic acids is 1. The van der Waals surface area contributed by atoms with Gasteiger partial charge >= 0.3 is 5.97 Å². The second-order valence-corrected chi connectivity index (χ2v) is 3.03. The van der Waals surface area contributed by atoms with Crippen LogP contribution in [-0.2, 0) is 4.79 Å². The van der Waals surface area contributed by atoms with Gasteiger partial charge in [-0.3, -0.25) is 4.79 Å². The first-order valence-corrected chi connectivity index (χ1v) is 3.86. The molecule has 1 amide bonds. The van der Waals surface area contributed by atoms with Gasteiger partial charge in [0.25, 0.3) is 0 Å². The quantitative estimate of drug-likeness (QED) is 0.596. The summed E-state index contributed by atoms with van der Waals surface area (Å²) in [5, 5.41) is 11.2. The van der Waals surface area contributed by atoms with Crippen LogP contribution in [-0.4, -0.2) is 22.0 Å². The van der Waals surface area contributed by atoms with Gasteiger partial charge in [0.1, 0.15) is 5.69 Å². The summed E-state index contributed by atoms with van der Waals surface area (Å²) < 4.78 is 0. The van der Waals surface area contributed by atoms with Gasteiger partial charge in [-0.05, 0) is 13.0 Å². The molecule has 1 aromatic heterocycles. The zero-order chi connectivity index (χ0) is 9.59. The highest BCUT2D eigenvalue weighted by atomic mass is 16.4. The van der Waals surface area contributed by atoms with Gasteiger partial charge in [0.05, 0.1) is 17.3 Å². The molecule has 5 heteroatoms. The first-order chi connectivity index (χ1) is 6.09. The molecule has 0 saturated heterocycles. The summed E-state index contributed by atoms with van der Waals surface area (Å²) >= 11 is 0. The molecule has 0 spiro atoms. The second-order valence-electron chi connectivity index (χ2n) is 3.03. The maximum Gasteiger partial charge on any atom is 0.352 e. The Morgan fingerprint density at radius 1 is 1.62 bits per heavy atom. The topological polar surface area (TPSA) is 82.2 Å². The van der Waals surface area contributed by atoms with Crippen molar-refractivity contribution in [1.82, 2.24) is 4.98 Å². The average molecular weight is 180 g/mol. The maximum atomic E-state index is 11.1. The molecule has 0 aliphatic carbocycles. The normalized spacial score (nSPS) is 19.8. The molecule has 0 radical (unpaired) electrons. The van der Waals surface area contributed by atoms with Crippen LogP contribution in [0.15, 0.2) is 6.07 Å². The number of carboxylic acid groups (broad SMARTS) is 1. The largest absolute Gasteiger partial charge is 0.477 e. The van der Waals surface area contributed by atoms with E-state index >= 15 is 0 Å². The molecule has 1 aliphatic rings. The number of rotatable bonds is 1. The van der Waals surface area contributed by atoms with Crippen LogP contribution < -0.4 is 5.32 Å². The minimum atomic E-state index is -1.02. The number of hydrogen-bond donors (Lipinski definition) is 3. The van der Waals surface area contributed by atoms with E-state index in [9.17, 15) is 9.59 Å². The van der Waals surface area contributed by atoms with E-state index in [2.05, 4.69) is 10.3 Å². The summed E-state index contributed by atoms with van der Waals surface area (Å²) in [5.41, 5.74) is 1.34. The number of carboxylic acids is 1. The van der Waals surface area contributed by atoms with Crippen LogP contribution in [0.4, 0.5) is 5.69 Å². The number of H-pyrrole nitrogens is 1. The molecule has 0 saturated carbocycles. The Bertz CT molecular complexity index is 394. The first kappa shape index (κ1) is 7.85. The Labute approximate surface area is 73.8 Å². The van der Waals surface area contributed by atoms with Gasteiger partial charge in [-0.2, -0.15) is 0 Å². The fraction of sp³-hybridized carbons (Fsp3) is 0.250. The second kappa shape index (κ2) is 2.35. The van der Waals surface area contributed by atoms with Gasteiger partial charge in [0.2, 0.25) is 5.91 Å². The lowest BCUT2D eigenvalue weighted by Crippen LogP contribution is -2.10. The number of anilines is 1. The van der Waals surface area contributed by atoms with Crippen LogP contribution in [0, 0.1) is 0 Å². The van der Waals surface area contributed by atoms with Crippen LogP contribution in [0.25, 0.3) is 0 Å². The lowest BCUT2D eigenvalue weighted by Gasteiger charge is -1.97. The molecule has 2 rings (SSSR count). The third-order valence-electron chi connectivity index (χ3n) is 2.16. The number of aromatic nitrogens is 1. The van der Waals surface area contributed by atoms with Crippen LogP contribution in [0.3, 0.4) is 0 Å². The zero-order valence-corrected chi connectivity index (χ0v) is 6.92. The van der Waals surface area contributed by atoms with E-state index in [4.69, 9.17) is 5.11 Å². The van der Waals surface area contributed by atoms with Crippen LogP contribution >= 0.6 is 0 Å². The number of aromatic carboxylic acids is 1. The number of fused-ring (bicyclic) bond motifs is 1. The number of aromatic amines is 1. The molecule has 0 fully saturated rings. The third kappa shape index (κ3) is 1.00. The molecule has 0 aromatic carbocycles. The maximum absolute atomic E-state index is 11.1. The van der Waals surface area contributed by atoms with Gasteiger partial charge in [-0.1, -0.05) is 0 Å². The van der Waals surface area contributed by atoms with Crippen molar-refractivity contribution in [1.29, 1.82) is 0 Å². The summed E-state index contributed by atoms with van der Waals surface area (Å²) in [5.74, 6) is -1.41. The summed E-state index contributed by atoms with van der Waals surface area (Å²) in [4.78, 5) is 24.3. The molecule has 1 atom stereocenters. The molecule has 1 unspecified atom stereocenters. The average Bonchev–Trinajstić information content (AvgIpc) is 2.55. The van der Waals surface area contributed by atoms with Gasteiger partial charge in [-0.25, -0.2) is 4.79 Å². The Morgan fingerprint density at radius 2 is 2.31 bits per heavy atom. The van der Waals surface area contributed by atoms with Gasteiger partial charge in [-0.15, -0.1) is 0 Å². The molecule has 5 nitrogen and oxygen atoms in total. The summed E-state index contributed by atoms with van der Waals surface area (Å²) in [6, 6.07) is 1.43. The van der Waals surface area contributed by atoms with Gasteiger partial charge < -0.3 is 15.4 Å². The standard InChI is InChI=1S/C8H8N2O3/c1-3-6-4(10-7(3)11)2-5(9-6)8(12)13/h2-3,9H,1H3,(H,10,11)(H,12,13). The molecule has 1 aliphatic heterocycles. The minimum absolute atomic E-state index is 0.0989. The number of amides is 1. The van der Waals surface area contributed by atoms with Crippen LogP contribution in [0.1, 0.15) is 29.0 Å². The Morgan fingerprint density at radius 3 is 2.85 bits per heavy atom. The van der Waals surface area contributed by atoms with E-state index in [1.165, 1.54) is 6.07 Å². The van der Waals surface area contributed by atoms with E-state index in [1.807, 2.05) is 0 Å². The van der Waals surface area contributed by atoms with Crippen molar-refractivity contribution in [2.24, 2.45) is 0 Å². The van der Waals surface area contributed by atoms with E-state index in [1.54, 1.807) is 6.92 Å². The van der Waals surface area contributed by atoms with E-state index in [0.29, 0.717) is 11.4 Å². The third-order valence-corrected chi connectivity index (χ3v) is 2.16. The van der Waals surface area contributed by atoms with Crippen molar-refractivity contribution in [3.8, 4) is 0 Å². The van der Waals surface area contributed by atoms with Crippen LogP contribution in [0.2, 0.25) is 0 Å². The summed E-state index contributed by atoms with van der Waals surface area (Å²) in [6.07, 6.45) is 0. The summed E-state index contributed by atoms with van der Waals surface area (Å²) in [7, 11) is 0.